The number of carbonyl (C=O) groups is 4. The molecule has 2 rings (SSSR count). The molecular weight excluding hydrogens is 232 g/mol. The van der Waals surface area contributed by atoms with E-state index in [0.717, 1.165) is 0 Å². The van der Waals surface area contributed by atoms with Crippen molar-refractivity contribution in [2.24, 2.45) is 0 Å². The van der Waals surface area contributed by atoms with Crippen LogP contribution >= 0.6 is 0 Å². The van der Waals surface area contributed by atoms with Gasteiger partial charge >= 0.3 is 12.1 Å². The first-order chi connectivity index (χ1) is 7.90. The number of imide groups is 2. The van der Waals surface area contributed by atoms with Crippen molar-refractivity contribution in [1.82, 2.24) is 21.3 Å². The summed E-state index contributed by atoms with van der Waals surface area (Å²) in [7, 11) is 0. The maximum atomic E-state index is 10.7. The van der Waals surface area contributed by atoms with Gasteiger partial charge in [0.2, 0.25) is 5.91 Å². The molecule has 0 bridgehead atoms. The molecule has 0 spiro atoms. The monoisotopic (exact) mass is 244 g/mol. The first-order valence-electron chi connectivity index (χ1n) is 4.77. The summed E-state index contributed by atoms with van der Waals surface area (Å²) in [5.74, 6) is -0.731. The molecule has 0 aromatic rings. The Bertz CT molecular complexity index is 353. The smallest absolute Gasteiger partial charge is 0.322 e. The average molecular weight is 244 g/mol. The van der Waals surface area contributed by atoms with Crippen molar-refractivity contribution in [3.05, 3.63) is 0 Å². The Kier molecular flexibility index (Phi) is 3.99. The van der Waals surface area contributed by atoms with Crippen LogP contribution in [0.15, 0.2) is 0 Å². The van der Waals surface area contributed by atoms with E-state index < -0.39 is 30.1 Å². The second-order valence-corrected chi connectivity index (χ2v) is 3.41. The Hall–Kier alpha value is -2.16. The lowest BCUT2D eigenvalue weighted by molar-refractivity contribution is -0.122. The molecule has 0 aliphatic carbocycles. The van der Waals surface area contributed by atoms with E-state index in [1.165, 1.54) is 6.92 Å². The van der Waals surface area contributed by atoms with Crippen LogP contribution < -0.4 is 21.3 Å². The molecule has 2 heterocycles. The predicted molar refractivity (Wildman–Crippen MR) is 53.7 cm³/mol. The minimum Gasteiger partial charge on any atom is -0.391 e. The number of aliphatic hydroxyl groups excluding tert-OH is 1. The summed E-state index contributed by atoms with van der Waals surface area (Å²) in [6.07, 6.45) is -0.841. The number of rotatable bonds is 1. The van der Waals surface area contributed by atoms with E-state index in [0.29, 0.717) is 0 Å². The lowest BCUT2D eigenvalue weighted by Gasteiger charge is -2.08. The largest absolute Gasteiger partial charge is 0.391 e. The molecule has 0 aromatic heterocycles. The lowest BCUT2D eigenvalue weighted by Crippen LogP contribution is -2.38. The van der Waals surface area contributed by atoms with Crippen LogP contribution in [0.2, 0.25) is 0 Å². The Morgan fingerprint density at radius 2 is 1.82 bits per heavy atom. The van der Waals surface area contributed by atoms with Gasteiger partial charge in [-0.1, -0.05) is 0 Å². The van der Waals surface area contributed by atoms with Crippen molar-refractivity contribution in [1.29, 1.82) is 0 Å². The fourth-order valence-corrected chi connectivity index (χ4v) is 1.15. The van der Waals surface area contributed by atoms with Crippen molar-refractivity contribution < 1.29 is 24.3 Å². The Balaban J connectivity index is 0.000000181. The molecule has 2 aliphatic heterocycles. The summed E-state index contributed by atoms with van der Waals surface area (Å²) >= 11 is 0. The highest BCUT2D eigenvalue weighted by Gasteiger charge is 2.32. The van der Waals surface area contributed by atoms with E-state index in [-0.39, 0.29) is 12.5 Å². The summed E-state index contributed by atoms with van der Waals surface area (Å²) in [5.41, 5.74) is 0. The first kappa shape index (κ1) is 12.9. The van der Waals surface area contributed by atoms with Gasteiger partial charge in [-0.15, -0.1) is 0 Å². The van der Waals surface area contributed by atoms with Gasteiger partial charge in [0.15, 0.2) is 0 Å². The number of nitrogens with one attached hydrogen (secondary N) is 4. The zero-order valence-electron chi connectivity index (χ0n) is 8.94. The highest BCUT2D eigenvalue weighted by Crippen LogP contribution is 1.97. The number of amides is 6. The Morgan fingerprint density at radius 3 is 2.00 bits per heavy atom. The van der Waals surface area contributed by atoms with Gasteiger partial charge < -0.3 is 15.7 Å². The second kappa shape index (κ2) is 5.25. The Morgan fingerprint density at radius 1 is 1.18 bits per heavy atom. The van der Waals surface area contributed by atoms with Crippen LogP contribution in [-0.4, -0.2) is 47.7 Å². The first-order valence-corrected chi connectivity index (χ1v) is 4.77. The van der Waals surface area contributed by atoms with Gasteiger partial charge in [0.1, 0.15) is 6.04 Å². The third-order valence-electron chi connectivity index (χ3n) is 1.95. The normalized spacial score (nSPS) is 24.0. The molecule has 2 unspecified atom stereocenters. The Labute approximate surface area is 95.9 Å². The number of urea groups is 2. The summed E-state index contributed by atoms with van der Waals surface area (Å²) < 4.78 is 0. The van der Waals surface area contributed by atoms with Gasteiger partial charge in [0, 0.05) is 0 Å². The fraction of sp³-hybridized carbons (Fsp3) is 0.500. The maximum absolute atomic E-state index is 10.7. The van der Waals surface area contributed by atoms with Crippen LogP contribution in [0.3, 0.4) is 0 Å². The minimum absolute atomic E-state index is 0.124. The van der Waals surface area contributed by atoms with Gasteiger partial charge in [-0.25, -0.2) is 9.59 Å². The highest BCUT2D eigenvalue weighted by atomic mass is 16.3. The van der Waals surface area contributed by atoms with Gasteiger partial charge in [-0.05, 0) is 6.92 Å². The zero-order chi connectivity index (χ0) is 13.0. The molecule has 17 heavy (non-hydrogen) atoms. The van der Waals surface area contributed by atoms with E-state index in [9.17, 15) is 19.2 Å². The van der Waals surface area contributed by atoms with Gasteiger partial charge in [0.05, 0.1) is 12.6 Å². The topological polar surface area (TPSA) is 137 Å². The fourth-order valence-electron chi connectivity index (χ4n) is 1.15. The van der Waals surface area contributed by atoms with Gasteiger partial charge in [-0.3, -0.25) is 20.2 Å². The molecule has 2 atom stereocenters. The molecule has 0 radical (unpaired) electrons. The van der Waals surface area contributed by atoms with Crippen LogP contribution in [0.5, 0.6) is 0 Å². The van der Waals surface area contributed by atoms with Crippen molar-refractivity contribution in [2.45, 2.75) is 19.1 Å². The second-order valence-electron chi connectivity index (χ2n) is 3.41. The number of aliphatic hydroxyl groups is 1. The van der Waals surface area contributed by atoms with E-state index in [2.05, 4.69) is 10.6 Å². The maximum Gasteiger partial charge on any atom is 0.322 e. The van der Waals surface area contributed by atoms with E-state index in [1.54, 1.807) is 0 Å². The molecule has 9 nitrogen and oxygen atoms in total. The molecule has 0 aromatic carbocycles. The average Bonchev–Trinajstić information content (AvgIpc) is 2.73. The van der Waals surface area contributed by atoms with Crippen molar-refractivity contribution >= 4 is 23.9 Å². The summed E-state index contributed by atoms with van der Waals surface area (Å²) in [5, 5.41) is 17.4. The van der Waals surface area contributed by atoms with Gasteiger partial charge in [-0.2, -0.15) is 0 Å². The van der Waals surface area contributed by atoms with Crippen molar-refractivity contribution in [2.75, 3.05) is 6.54 Å². The molecule has 2 saturated heterocycles. The summed E-state index contributed by atoms with van der Waals surface area (Å²) in [4.78, 5) is 41.2. The minimum atomic E-state index is -0.841. The molecule has 9 heteroatoms. The molecular formula is C8H12N4O5. The molecule has 0 saturated carbocycles. The van der Waals surface area contributed by atoms with E-state index >= 15 is 0 Å². The van der Waals surface area contributed by atoms with E-state index in [1.807, 2.05) is 10.6 Å². The third-order valence-corrected chi connectivity index (χ3v) is 1.95. The molecule has 5 N–H and O–H groups in total. The quantitative estimate of drug-likeness (QED) is 0.322. The van der Waals surface area contributed by atoms with Crippen LogP contribution in [0.4, 0.5) is 9.59 Å². The lowest BCUT2D eigenvalue weighted by atomic mass is 10.2. The number of hydrogen-bond donors (Lipinski definition) is 5. The number of hydrogen-bond acceptors (Lipinski definition) is 5. The highest BCUT2D eigenvalue weighted by molar-refractivity contribution is 6.04. The van der Waals surface area contributed by atoms with Crippen molar-refractivity contribution in [3.8, 4) is 0 Å². The SMILES string of the molecule is CC(O)C1NC(=O)NC1=O.O=C1CNC(=O)N1. The van der Waals surface area contributed by atoms with Crippen LogP contribution in [0.1, 0.15) is 6.92 Å². The molecule has 94 valence electrons. The number of carbonyl (C=O) groups excluding carboxylic acids is 4. The summed E-state index contributed by atoms with van der Waals surface area (Å²) in [6, 6.07) is -1.73. The van der Waals surface area contributed by atoms with Crippen molar-refractivity contribution in [3.63, 3.8) is 0 Å². The summed E-state index contributed by atoms with van der Waals surface area (Å²) in [6.45, 7) is 1.56. The molecule has 2 aliphatic rings. The molecule has 6 amide bonds. The van der Waals surface area contributed by atoms with Gasteiger partial charge in [0.25, 0.3) is 5.91 Å². The zero-order valence-corrected chi connectivity index (χ0v) is 8.94. The standard InChI is InChI=1S/C5H8N2O3.C3H4N2O2/c1-2(8)3-4(9)7-5(10)6-3;6-2-1-4-3(7)5-2/h2-3,8H,1H3,(H2,6,7,9,10);1H2,(H2,4,5,6,7). The van der Waals surface area contributed by atoms with Crippen LogP contribution in [0, 0.1) is 0 Å². The molecule has 2 fully saturated rings. The third kappa shape index (κ3) is 3.72. The van der Waals surface area contributed by atoms with E-state index in [4.69, 9.17) is 5.11 Å². The predicted octanol–water partition coefficient (Wildman–Crippen LogP) is -2.60. The van der Waals surface area contributed by atoms with Crippen LogP contribution in [-0.2, 0) is 9.59 Å². The van der Waals surface area contributed by atoms with Crippen LogP contribution in [0.25, 0.3) is 0 Å².